The first-order valence-electron chi connectivity index (χ1n) is 8.81. The molecule has 1 aliphatic rings. The molecule has 0 radical (unpaired) electrons. The minimum atomic E-state index is -0.00255. The molecule has 1 N–H and O–H groups in total. The number of carbonyl (C=O) groups is 1. The van der Waals surface area contributed by atoms with Crippen LogP contribution in [0.3, 0.4) is 0 Å². The number of hydrogen-bond acceptors (Lipinski definition) is 4. The van der Waals surface area contributed by atoms with Crippen LogP contribution in [0.2, 0.25) is 5.02 Å². The molecule has 26 heavy (non-hydrogen) atoms. The summed E-state index contributed by atoms with van der Waals surface area (Å²) in [6.07, 6.45) is 3.47. The molecule has 6 heteroatoms. The number of nitrogens with zero attached hydrogens (tertiary/aromatic N) is 2. The normalized spacial score (nSPS) is 15.0. The van der Waals surface area contributed by atoms with E-state index in [1.54, 1.807) is 25.3 Å². The second-order valence-corrected chi connectivity index (χ2v) is 7.08. The van der Waals surface area contributed by atoms with Gasteiger partial charge in [0.15, 0.2) is 0 Å². The van der Waals surface area contributed by atoms with Gasteiger partial charge in [0.1, 0.15) is 11.6 Å². The summed E-state index contributed by atoms with van der Waals surface area (Å²) in [5, 5.41) is 3.45. The van der Waals surface area contributed by atoms with Crippen LogP contribution in [0.15, 0.2) is 30.5 Å². The van der Waals surface area contributed by atoms with Crippen molar-refractivity contribution in [2.75, 3.05) is 30.4 Å². The predicted molar refractivity (Wildman–Crippen MR) is 105 cm³/mol. The van der Waals surface area contributed by atoms with E-state index in [9.17, 15) is 4.79 Å². The van der Waals surface area contributed by atoms with Gasteiger partial charge in [-0.3, -0.25) is 4.79 Å². The molecule has 1 fully saturated rings. The molecule has 1 amide bonds. The lowest BCUT2D eigenvalue weighted by Gasteiger charge is -2.33. The fourth-order valence-corrected chi connectivity index (χ4v) is 3.54. The summed E-state index contributed by atoms with van der Waals surface area (Å²) in [6.45, 7) is 5.86. The number of rotatable bonds is 4. The van der Waals surface area contributed by atoms with Crippen molar-refractivity contribution in [1.29, 1.82) is 0 Å². The molecular formula is C20H24ClN3O2. The van der Waals surface area contributed by atoms with Crippen LogP contribution in [0, 0.1) is 19.8 Å². The van der Waals surface area contributed by atoms with Gasteiger partial charge < -0.3 is 15.0 Å². The van der Waals surface area contributed by atoms with Crippen LogP contribution in [0.1, 0.15) is 24.0 Å². The highest BCUT2D eigenvalue weighted by atomic mass is 35.5. The Bertz CT molecular complexity index is 802. The van der Waals surface area contributed by atoms with Crippen LogP contribution in [0.4, 0.5) is 11.5 Å². The smallest absolute Gasteiger partial charge is 0.227 e. The SMILES string of the molecule is COc1ccc(NC(=O)C2CCN(c3nccc(C)c3C)CC2)cc1Cl. The highest BCUT2D eigenvalue weighted by Gasteiger charge is 2.26. The summed E-state index contributed by atoms with van der Waals surface area (Å²) in [6, 6.07) is 7.30. The molecule has 1 aliphatic heterocycles. The molecule has 0 spiro atoms. The van der Waals surface area contributed by atoms with E-state index in [0.29, 0.717) is 16.5 Å². The number of ether oxygens (including phenoxy) is 1. The zero-order valence-electron chi connectivity index (χ0n) is 15.4. The standard InChI is InChI=1S/C20H24ClN3O2/c1-13-6-9-22-19(14(13)2)24-10-7-15(8-11-24)20(25)23-16-4-5-18(26-3)17(21)12-16/h4-6,9,12,15H,7-8,10-11H2,1-3H3,(H,23,25). The Morgan fingerprint density at radius 3 is 2.65 bits per heavy atom. The van der Waals surface area contributed by atoms with Gasteiger partial charge in [-0.25, -0.2) is 4.98 Å². The minimum Gasteiger partial charge on any atom is -0.495 e. The number of amides is 1. The van der Waals surface area contributed by atoms with Crippen molar-refractivity contribution in [3.05, 3.63) is 46.6 Å². The van der Waals surface area contributed by atoms with E-state index in [-0.39, 0.29) is 11.8 Å². The quantitative estimate of drug-likeness (QED) is 0.871. The van der Waals surface area contributed by atoms with E-state index in [2.05, 4.69) is 29.0 Å². The number of carbonyl (C=O) groups excluding carboxylic acids is 1. The van der Waals surface area contributed by atoms with E-state index >= 15 is 0 Å². The van der Waals surface area contributed by atoms with Gasteiger partial charge in [0.25, 0.3) is 0 Å². The van der Waals surface area contributed by atoms with Crippen molar-refractivity contribution in [1.82, 2.24) is 4.98 Å². The lowest BCUT2D eigenvalue weighted by molar-refractivity contribution is -0.120. The van der Waals surface area contributed by atoms with E-state index in [1.165, 1.54) is 11.1 Å². The molecule has 2 heterocycles. The van der Waals surface area contributed by atoms with Gasteiger partial charge >= 0.3 is 0 Å². The lowest BCUT2D eigenvalue weighted by Crippen LogP contribution is -2.39. The topological polar surface area (TPSA) is 54.5 Å². The number of anilines is 2. The van der Waals surface area contributed by atoms with Gasteiger partial charge in [0, 0.05) is 30.9 Å². The van der Waals surface area contributed by atoms with E-state index in [0.717, 1.165) is 31.7 Å². The van der Waals surface area contributed by atoms with Crippen LogP contribution in [-0.2, 0) is 4.79 Å². The molecule has 0 atom stereocenters. The monoisotopic (exact) mass is 373 g/mol. The maximum absolute atomic E-state index is 12.6. The molecule has 138 valence electrons. The average molecular weight is 374 g/mol. The average Bonchev–Trinajstić information content (AvgIpc) is 2.64. The number of piperidine rings is 1. The fraction of sp³-hybridized carbons (Fsp3) is 0.400. The van der Waals surface area contributed by atoms with E-state index < -0.39 is 0 Å². The summed E-state index contributed by atoms with van der Waals surface area (Å²) in [4.78, 5) is 19.4. The number of hydrogen-bond donors (Lipinski definition) is 1. The number of pyridine rings is 1. The third-order valence-corrected chi connectivity index (χ3v) is 5.33. The molecule has 0 unspecified atom stereocenters. The molecule has 5 nitrogen and oxygen atoms in total. The summed E-state index contributed by atoms with van der Waals surface area (Å²) < 4.78 is 5.14. The molecular weight excluding hydrogens is 350 g/mol. The largest absolute Gasteiger partial charge is 0.495 e. The third-order valence-electron chi connectivity index (χ3n) is 5.03. The third kappa shape index (κ3) is 3.93. The van der Waals surface area contributed by atoms with Crippen molar-refractivity contribution >= 4 is 29.0 Å². The molecule has 0 aliphatic carbocycles. The van der Waals surface area contributed by atoms with Crippen LogP contribution in [0.5, 0.6) is 5.75 Å². The molecule has 0 saturated carbocycles. The molecule has 0 bridgehead atoms. The van der Waals surface area contributed by atoms with E-state index in [1.807, 2.05) is 12.3 Å². The number of methoxy groups -OCH3 is 1. The number of halogens is 1. The number of nitrogens with one attached hydrogen (secondary N) is 1. The molecule has 2 aromatic rings. The summed E-state index contributed by atoms with van der Waals surface area (Å²) >= 11 is 6.12. The van der Waals surface area contributed by atoms with Gasteiger partial charge in [-0.05, 0) is 62.1 Å². The Balaban J connectivity index is 1.60. The number of aryl methyl sites for hydroxylation is 1. The first kappa shape index (κ1) is 18.5. The maximum atomic E-state index is 12.6. The zero-order valence-corrected chi connectivity index (χ0v) is 16.1. The molecule has 1 aromatic heterocycles. The summed E-state index contributed by atoms with van der Waals surface area (Å²) in [5.74, 6) is 1.67. The Kier molecular flexibility index (Phi) is 5.67. The summed E-state index contributed by atoms with van der Waals surface area (Å²) in [5.41, 5.74) is 3.15. The van der Waals surface area contributed by atoms with Crippen LogP contribution in [-0.4, -0.2) is 31.1 Å². The Hall–Kier alpha value is -2.27. The van der Waals surface area contributed by atoms with Crippen molar-refractivity contribution in [3.8, 4) is 5.75 Å². The molecule has 1 aromatic carbocycles. The van der Waals surface area contributed by atoms with Crippen molar-refractivity contribution in [2.45, 2.75) is 26.7 Å². The lowest BCUT2D eigenvalue weighted by atomic mass is 9.95. The van der Waals surface area contributed by atoms with Crippen molar-refractivity contribution < 1.29 is 9.53 Å². The van der Waals surface area contributed by atoms with Gasteiger partial charge in [-0.15, -0.1) is 0 Å². The van der Waals surface area contributed by atoms with Gasteiger partial charge in [0.05, 0.1) is 12.1 Å². The Labute approximate surface area is 159 Å². The second kappa shape index (κ2) is 7.96. The first-order chi connectivity index (χ1) is 12.5. The van der Waals surface area contributed by atoms with Crippen LogP contribution < -0.4 is 15.0 Å². The van der Waals surface area contributed by atoms with Gasteiger partial charge in [0.2, 0.25) is 5.91 Å². The van der Waals surface area contributed by atoms with Crippen molar-refractivity contribution in [3.63, 3.8) is 0 Å². The number of benzene rings is 1. The zero-order chi connectivity index (χ0) is 18.7. The van der Waals surface area contributed by atoms with Crippen molar-refractivity contribution in [2.24, 2.45) is 5.92 Å². The predicted octanol–water partition coefficient (Wildman–Crippen LogP) is 4.22. The Morgan fingerprint density at radius 1 is 1.27 bits per heavy atom. The second-order valence-electron chi connectivity index (χ2n) is 6.68. The van der Waals surface area contributed by atoms with Crippen LogP contribution in [0.25, 0.3) is 0 Å². The van der Waals surface area contributed by atoms with Crippen LogP contribution >= 0.6 is 11.6 Å². The number of aromatic nitrogens is 1. The van der Waals surface area contributed by atoms with E-state index in [4.69, 9.17) is 16.3 Å². The van der Waals surface area contributed by atoms with Gasteiger partial charge in [-0.1, -0.05) is 11.6 Å². The highest BCUT2D eigenvalue weighted by molar-refractivity contribution is 6.32. The Morgan fingerprint density at radius 2 is 2.00 bits per heavy atom. The maximum Gasteiger partial charge on any atom is 0.227 e. The highest BCUT2D eigenvalue weighted by Crippen LogP contribution is 2.29. The minimum absolute atomic E-state index is 0.00255. The molecule has 3 rings (SSSR count). The molecule has 1 saturated heterocycles. The summed E-state index contributed by atoms with van der Waals surface area (Å²) in [7, 11) is 1.57. The first-order valence-corrected chi connectivity index (χ1v) is 9.19. The fourth-order valence-electron chi connectivity index (χ4n) is 3.28. The van der Waals surface area contributed by atoms with Gasteiger partial charge in [-0.2, -0.15) is 0 Å².